The van der Waals surface area contributed by atoms with Gasteiger partial charge in [-0.2, -0.15) is 0 Å². The summed E-state index contributed by atoms with van der Waals surface area (Å²) in [5.74, 6) is 2.27. The summed E-state index contributed by atoms with van der Waals surface area (Å²) < 4.78 is 11.2. The van der Waals surface area contributed by atoms with E-state index >= 15 is 0 Å². The molecule has 21 heavy (non-hydrogen) atoms. The van der Waals surface area contributed by atoms with Crippen LogP contribution >= 0.6 is 23.2 Å². The van der Waals surface area contributed by atoms with E-state index in [4.69, 9.17) is 32.4 Å². The van der Waals surface area contributed by atoms with E-state index in [9.17, 15) is 0 Å². The van der Waals surface area contributed by atoms with E-state index in [1.165, 1.54) is 0 Å². The molecule has 1 N–H and O–H groups in total. The highest BCUT2D eigenvalue weighted by Gasteiger charge is 2.21. The Labute approximate surface area is 135 Å². The maximum Gasteiger partial charge on any atom is 0.139 e. The Kier molecular flexibility index (Phi) is 5.57. The highest BCUT2D eigenvalue weighted by Crippen LogP contribution is 2.36. The Hall–Kier alpha value is -1.16. The second-order valence-electron chi connectivity index (χ2n) is 4.68. The number of halogens is 2. The van der Waals surface area contributed by atoms with Gasteiger partial charge in [-0.1, -0.05) is 30.1 Å². The van der Waals surface area contributed by atoms with Gasteiger partial charge in [-0.05, 0) is 44.2 Å². The summed E-state index contributed by atoms with van der Waals surface area (Å²) >= 11 is 12.7. The lowest BCUT2D eigenvalue weighted by molar-refractivity contribution is 0.340. The maximum absolute atomic E-state index is 6.40. The molecular weight excluding hydrogens is 309 g/mol. The summed E-state index contributed by atoms with van der Waals surface area (Å²) in [6.45, 7) is 7.19. The molecule has 1 atom stereocenters. The van der Waals surface area contributed by atoms with E-state index in [0.717, 1.165) is 23.6 Å². The summed E-state index contributed by atoms with van der Waals surface area (Å²) in [5.41, 5.74) is 0.876. The molecule has 0 bridgehead atoms. The second-order valence-corrected chi connectivity index (χ2v) is 5.49. The predicted molar refractivity (Wildman–Crippen MR) is 86.6 cm³/mol. The third kappa shape index (κ3) is 3.73. The molecule has 0 aliphatic rings. The quantitative estimate of drug-likeness (QED) is 0.811. The summed E-state index contributed by atoms with van der Waals surface area (Å²) in [6.07, 6.45) is 0. The molecule has 0 aliphatic heterocycles. The van der Waals surface area contributed by atoms with Crippen molar-refractivity contribution in [1.82, 2.24) is 5.32 Å². The number of hydrogen-bond donors (Lipinski definition) is 1. The van der Waals surface area contributed by atoms with Crippen LogP contribution in [0, 0.1) is 6.92 Å². The van der Waals surface area contributed by atoms with Gasteiger partial charge in [-0.25, -0.2) is 0 Å². The number of ether oxygens (including phenoxy) is 1. The molecule has 0 amide bonds. The van der Waals surface area contributed by atoms with Crippen LogP contribution in [0.5, 0.6) is 5.75 Å². The SMILES string of the molecule is CCNC(c1ccc(C)o1)c1cc(Cl)c(OCC)cc1Cl. The van der Waals surface area contributed by atoms with Gasteiger partial charge in [0.25, 0.3) is 0 Å². The summed E-state index contributed by atoms with van der Waals surface area (Å²) in [5, 5.41) is 4.51. The number of hydrogen-bond acceptors (Lipinski definition) is 3. The molecule has 0 saturated heterocycles. The maximum atomic E-state index is 6.40. The Morgan fingerprint density at radius 1 is 1.19 bits per heavy atom. The largest absolute Gasteiger partial charge is 0.492 e. The number of rotatable bonds is 6. The average molecular weight is 328 g/mol. The number of aryl methyl sites for hydroxylation is 1. The molecule has 0 spiro atoms. The second kappa shape index (κ2) is 7.21. The van der Waals surface area contributed by atoms with Crippen LogP contribution in [-0.4, -0.2) is 13.2 Å². The molecule has 2 rings (SSSR count). The zero-order valence-electron chi connectivity index (χ0n) is 12.4. The van der Waals surface area contributed by atoms with E-state index in [1.807, 2.05) is 39.0 Å². The van der Waals surface area contributed by atoms with Crippen LogP contribution in [0.3, 0.4) is 0 Å². The summed E-state index contributed by atoms with van der Waals surface area (Å²) in [7, 11) is 0. The molecule has 0 fully saturated rings. The van der Waals surface area contributed by atoms with Gasteiger partial charge >= 0.3 is 0 Å². The first-order valence-electron chi connectivity index (χ1n) is 6.98. The highest BCUT2D eigenvalue weighted by atomic mass is 35.5. The molecule has 0 aliphatic carbocycles. The van der Waals surface area contributed by atoms with Crippen LogP contribution < -0.4 is 10.1 Å². The monoisotopic (exact) mass is 327 g/mol. The third-order valence-electron chi connectivity index (χ3n) is 3.12. The van der Waals surface area contributed by atoms with E-state index in [1.54, 1.807) is 6.07 Å². The molecule has 0 saturated carbocycles. The van der Waals surface area contributed by atoms with Crippen molar-refractivity contribution in [2.75, 3.05) is 13.2 Å². The van der Waals surface area contributed by atoms with Gasteiger partial charge in [-0.15, -0.1) is 0 Å². The van der Waals surface area contributed by atoms with Crippen molar-refractivity contribution >= 4 is 23.2 Å². The first-order valence-corrected chi connectivity index (χ1v) is 7.73. The van der Waals surface area contributed by atoms with Gasteiger partial charge in [0, 0.05) is 11.1 Å². The minimum Gasteiger partial charge on any atom is -0.492 e. The lowest BCUT2D eigenvalue weighted by Crippen LogP contribution is -2.22. The Morgan fingerprint density at radius 2 is 1.95 bits per heavy atom. The first kappa shape index (κ1) is 16.2. The van der Waals surface area contributed by atoms with Crippen molar-refractivity contribution in [2.24, 2.45) is 0 Å². The molecule has 2 aromatic rings. The van der Waals surface area contributed by atoms with E-state index < -0.39 is 0 Å². The molecular formula is C16H19Cl2NO2. The fraction of sp³-hybridized carbons (Fsp3) is 0.375. The fourth-order valence-corrected chi connectivity index (χ4v) is 2.70. The minimum absolute atomic E-state index is 0.135. The topological polar surface area (TPSA) is 34.4 Å². The predicted octanol–water partition coefficient (Wildman–Crippen LogP) is 4.99. The van der Waals surface area contributed by atoms with Crippen molar-refractivity contribution in [3.63, 3.8) is 0 Å². The van der Waals surface area contributed by atoms with Gasteiger partial charge in [0.15, 0.2) is 0 Å². The lowest BCUT2D eigenvalue weighted by Gasteiger charge is -2.19. The lowest BCUT2D eigenvalue weighted by atomic mass is 10.0. The van der Waals surface area contributed by atoms with E-state index in [0.29, 0.717) is 22.4 Å². The van der Waals surface area contributed by atoms with Crippen molar-refractivity contribution in [3.05, 3.63) is 51.4 Å². The van der Waals surface area contributed by atoms with E-state index in [2.05, 4.69) is 5.32 Å². The van der Waals surface area contributed by atoms with Crippen molar-refractivity contribution in [2.45, 2.75) is 26.8 Å². The molecule has 1 aromatic carbocycles. The Bertz CT molecular complexity index is 610. The zero-order chi connectivity index (χ0) is 15.4. The van der Waals surface area contributed by atoms with Crippen LogP contribution in [0.2, 0.25) is 10.0 Å². The van der Waals surface area contributed by atoms with Crippen LogP contribution in [0.25, 0.3) is 0 Å². The number of benzene rings is 1. The zero-order valence-corrected chi connectivity index (χ0v) is 13.9. The summed E-state index contributed by atoms with van der Waals surface area (Å²) in [4.78, 5) is 0. The van der Waals surface area contributed by atoms with Gasteiger partial charge in [0.2, 0.25) is 0 Å². The minimum atomic E-state index is -0.135. The van der Waals surface area contributed by atoms with Crippen molar-refractivity contribution in [3.8, 4) is 5.75 Å². The molecule has 3 nitrogen and oxygen atoms in total. The standard InChI is InChI=1S/C16H19Cl2NO2/c1-4-19-16(14-7-6-10(3)21-14)11-8-13(18)15(20-5-2)9-12(11)17/h6-9,16,19H,4-5H2,1-3H3. The first-order chi connectivity index (χ1) is 10.1. The number of furan rings is 1. The molecule has 1 heterocycles. The summed E-state index contributed by atoms with van der Waals surface area (Å²) in [6, 6.07) is 7.33. The fourth-order valence-electron chi connectivity index (χ4n) is 2.21. The normalized spacial score (nSPS) is 12.4. The molecule has 5 heteroatoms. The van der Waals surface area contributed by atoms with Gasteiger partial charge < -0.3 is 14.5 Å². The van der Waals surface area contributed by atoms with Crippen molar-refractivity contribution in [1.29, 1.82) is 0 Å². The third-order valence-corrected chi connectivity index (χ3v) is 3.74. The molecule has 0 radical (unpaired) electrons. The van der Waals surface area contributed by atoms with Gasteiger partial charge in [-0.3, -0.25) is 0 Å². The average Bonchev–Trinajstić information content (AvgIpc) is 2.87. The molecule has 1 unspecified atom stereocenters. The highest BCUT2D eigenvalue weighted by molar-refractivity contribution is 6.34. The number of nitrogens with one attached hydrogen (secondary N) is 1. The molecule has 1 aromatic heterocycles. The van der Waals surface area contributed by atoms with Crippen LogP contribution in [0.4, 0.5) is 0 Å². The smallest absolute Gasteiger partial charge is 0.139 e. The van der Waals surface area contributed by atoms with Crippen molar-refractivity contribution < 1.29 is 9.15 Å². The molecule has 114 valence electrons. The van der Waals surface area contributed by atoms with E-state index in [-0.39, 0.29) is 6.04 Å². The Balaban J connectivity index is 2.43. The van der Waals surface area contributed by atoms with Gasteiger partial charge in [0.1, 0.15) is 17.3 Å². The van der Waals surface area contributed by atoms with Crippen LogP contribution in [0.15, 0.2) is 28.7 Å². The Morgan fingerprint density at radius 3 is 2.52 bits per heavy atom. The van der Waals surface area contributed by atoms with Gasteiger partial charge in [0.05, 0.1) is 17.7 Å². The van der Waals surface area contributed by atoms with Crippen LogP contribution in [0.1, 0.15) is 37.0 Å². The van der Waals surface area contributed by atoms with Crippen LogP contribution in [-0.2, 0) is 0 Å².